The molecule has 0 saturated heterocycles. The van der Waals surface area contributed by atoms with Gasteiger partial charge in [0.1, 0.15) is 0 Å². The molecule has 0 atom stereocenters. The van der Waals surface area contributed by atoms with Crippen LogP contribution in [0.3, 0.4) is 0 Å². The van der Waals surface area contributed by atoms with E-state index in [-0.39, 0.29) is 12.4 Å². The van der Waals surface area contributed by atoms with Crippen molar-refractivity contribution in [3.63, 3.8) is 0 Å². The van der Waals surface area contributed by atoms with Gasteiger partial charge in [0.05, 0.1) is 12.4 Å². The first-order valence-corrected chi connectivity index (χ1v) is 7.38. The second-order valence-corrected chi connectivity index (χ2v) is 5.16. The Labute approximate surface area is 131 Å². The summed E-state index contributed by atoms with van der Waals surface area (Å²) in [7, 11) is 0. The van der Waals surface area contributed by atoms with Crippen LogP contribution in [-0.4, -0.2) is 36.9 Å². The molecule has 0 aliphatic carbocycles. The van der Waals surface area contributed by atoms with Gasteiger partial charge in [0.25, 0.3) is 5.91 Å². The Morgan fingerprint density at radius 3 is 2.48 bits per heavy atom. The largest absolute Gasteiger partial charge is 0.455 e. The average molecular weight is 332 g/mol. The number of nitrogens with one attached hydrogen (secondary N) is 1. The summed E-state index contributed by atoms with van der Waals surface area (Å²) < 4.78 is 9.23. The summed E-state index contributed by atoms with van der Waals surface area (Å²) in [4.78, 5) is 34.4. The number of amides is 2. The van der Waals surface area contributed by atoms with Gasteiger partial charge in [-0.05, 0) is 31.2 Å². The van der Waals surface area contributed by atoms with Crippen LogP contribution in [0.25, 0.3) is 0 Å². The zero-order valence-electron chi connectivity index (χ0n) is 11.3. The summed E-state index contributed by atoms with van der Waals surface area (Å²) in [6.45, 7) is 1.23. The maximum absolute atomic E-state index is 11.4. The van der Waals surface area contributed by atoms with Crippen molar-refractivity contribution in [3.8, 4) is 0 Å². The van der Waals surface area contributed by atoms with Gasteiger partial charge >= 0.3 is 12.1 Å². The van der Waals surface area contributed by atoms with E-state index in [1.165, 1.54) is 11.8 Å². The number of ether oxygens (including phenoxy) is 2. The SMILES string of the molecule is CCOC(=O)NC(=O)COC(=O)CSc1ccc(Cl)cc1. The van der Waals surface area contributed by atoms with Gasteiger partial charge in [-0.15, -0.1) is 11.8 Å². The van der Waals surface area contributed by atoms with Gasteiger partial charge < -0.3 is 9.47 Å². The molecule has 0 aliphatic rings. The molecule has 1 aromatic rings. The minimum absolute atomic E-state index is 0.0499. The first kappa shape index (κ1) is 17.3. The smallest absolute Gasteiger partial charge is 0.413 e. The quantitative estimate of drug-likeness (QED) is 0.636. The van der Waals surface area contributed by atoms with Crippen molar-refractivity contribution >= 4 is 41.3 Å². The highest BCUT2D eigenvalue weighted by Gasteiger charge is 2.11. The average Bonchev–Trinajstić information content (AvgIpc) is 2.44. The van der Waals surface area contributed by atoms with Crippen LogP contribution in [0.4, 0.5) is 4.79 Å². The number of hydrogen-bond donors (Lipinski definition) is 1. The van der Waals surface area contributed by atoms with Gasteiger partial charge in [-0.3, -0.25) is 14.9 Å². The Morgan fingerprint density at radius 1 is 1.19 bits per heavy atom. The molecule has 0 aliphatic heterocycles. The van der Waals surface area contributed by atoms with Crippen LogP contribution in [0.2, 0.25) is 5.02 Å². The Kier molecular flexibility index (Phi) is 7.63. The van der Waals surface area contributed by atoms with E-state index in [1.54, 1.807) is 31.2 Å². The maximum atomic E-state index is 11.4. The number of carbonyl (C=O) groups excluding carboxylic acids is 3. The van der Waals surface area contributed by atoms with Gasteiger partial charge in [-0.25, -0.2) is 4.79 Å². The molecule has 2 amide bonds. The third-order valence-electron chi connectivity index (χ3n) is 2.05. The lowest BCUT2D eigenvalue weighted by Crippen LogP contribution is -2.34. The van der Waals surface area contributed by atoms with Crippen molar-refractivity contribution in [3.05, 3.63) is 29.3 Å². The van der Waals surface area contributed by atoms with Gasteiger partial charge in [0.2, 0.25) is 0 Å². The zero-order chi connectivity index (χ0) is 15.7. The maximum Gasteiger partial charge on any atom is 0.413 e. The molecular formula is C13H14ClNO5S. The van der Waals surface area contributed by atoms with Crippen molar-refractivity contribution in [1.82, 2.24) is 5.32 Å². The number of halogens is 1. The summed E-state index contributed by atoms with van der Waals surface area (Å²) in [6.07, 6.45) is -0.867. The van der Waals surface area contributed by atoms with Crippen molar-refractivity contribution in [2.24, 2.45) is 0 Å². The lowest BCUT2D eigenvalue weighted by molar-refractivity contribution is -0.145. The third-order valence-corrected chi connectivity index (χ3v) is 3.29. The van der Waals surface area contributed by atoms with Crippen molar-refractivity contribution in [2.45, 2.75) is 11.8 Å². The van der Waals surface area contributed by atoms with Crippen molar-refractivity contribution in [1.29, 1.82) is 0 Å². The molecule has 8 heteroatoms. The fraction of sp³-hybridized carbons (Fsp3) is 0.308. The molecule has 1 rings (SSSR count). The fourth-order valence-corrected chi connectivity index (χ4v) is 2.00. The highest BCUT2D eigenvalue weighted by Crippen LogP contribution is 2.20. The summed E-state index contributed by atoms with van der Waals surface area (Å²) >= 11 is 6.99. The first-order chi connectivity index (χ1) is 10.0. The number of rotatable bonds is 6. The fourth-order valence-electron chi connectivity index (χ4n) is 1.18. The van der Waals surface area contributed by atoms with E-state index in [0.717, 1.165) is 4.90 Å². The number of imide groups is 1. The summed E-state index contributed by atoms with van der Waals surface area (Å²) in [5, 5.41) is 2.53. The normalized spacial score (nSPS) is 9.81. The number of thioether (sulfide) groups is 1. The highest BCUT2D eigenvalue weighted by atomic mass is 35.5. The molecular weight excluding hydrogens is 318 g/mol. The van der Waals surface area contributed by atoms with Gasteiger partial charge in [0.15, 0.2) is 6.61 Å². The van der Waals surface area contributed by atoms with E-state index in [9.17, 15) is 14.4 Å². The lowest BCUT2D eigenvalue weighted by atomic mass is 10.4. The van der Waals surface area contributed by atoms with Crippen LogP contribution in [0, 0.1) is 0 Å². The molecule has 1 aromatic carbocycles. The van der Waals surface area contributed by atoms with E-state index in [1.807, 2.05) is 5.32 Å². The predicted octanol–water partition coefficient (Wildman–Crippen LogP) is 2.25. The van der Waals surface area contributed by atoms with Crippen LogP contribution in [0.5, 0.6) is 0 Å². The number of alkyl carbamates (subject to hydrolysis) is 1. The lowest BCUT2D eigenvalue weighted by Gasteiger charge is -2.05. The predicted molar refractivity (Wildman–Crippen MR) is 78.3 cm³/mol. The second-order valence-electron chi connectivity index (χ2n) is 3.67. The molecule has 114 valence electrons. The zero-order valence-corrected chi connectivity index (χ0v) is 12.8. The first-order valence-electron chi connectivity index (χ1n) is 6.02. The van der Waals surface area contributed by atoms with Crippen LogP contribution < -0.4 is 5.32 Å². The van der Waals surface area contributed by atoms with Gasteiger partial charge in [0, 0.05) is 9.92 Å². The summed E-state index contributed by atoms with van der Waals surface area (Å²) in [5.41, 5.74) is 0. The molecule has 6 nitrogen and oxygen atoms in total. The minimum Gasteiger partial charge on any atom is -0.455 e. The molecule has 1 N–H and O–H groups in total. The standard InChI is InChI=1S/C13H14ClNO5S/c1-2-19-13(18)15-11(16)7-20-12(17)8-21-10-5-3-9(14)4-6-10/h3-6H,2,7-8H2,1H3,(H,15,16,18). The number of hydrogen-bond acceptors (Lipinski definition) is 6. The molecule has 0 radical (unpaired) electrons. The Morgan fingerprint density at radius 2 is 1.86 bits per heavy atom. The Hall–Kier alpha value is -1.73. The Bertz CT molecular complexity index is 506. The van der Waals surface area contributed by atoms with Crippen molar-refractivity contribution in [2.75, 3.05) is 19.0 Å². The van der Waals surface area contributed by atoms with E-state index in [0.29, 0.717) is 5.02 Å². The number of carbonyl (C=O) groups is 3. The van der Waals surface area contributed by atoms with E-state index in [4.69, 9.17) is 16.3 Å². The van der Waals surface area contributed by atoms with Crippen LogP contribution in [0.15, 0.2) is 29.2 Å². The molecule has 0 aromatic heterocycles. The van der Waals surface area contributed by atoms with E-state index >= 15 is 0 Å². The monoisotopic (exact) mass is 331 g/mol. The molecule has 0 saturated carbocycles. The Balaban J connectivity index is 2.23. The van der Waals surface area contributed by atoms with Crippen LogP contribution >= 0.6 is 23.4 Å². The summed E-state index contributed by atoms with van der Waals surface area (Å²) in [6, 6.07) is 6.96. The summed E-state index contributed by atoms with van der Waals surface area (Å²) in [5.74, 6) is -1.25. The van der Waals surface area contributed by atoms with Crippen molar-refractivity contribution < 1.29 is 23.9 Å². The molecule has 0 bridgehead atoms. The van der Waals surface area contributed by atoms with Gasteiger partial charge in [-0.1, -0.05) is 11.6 Å². The molecule has 21 heavy (non-hydrogen) atoms. The topological polar surface area (TPSA) is 81.7 Å². The number of esters is 1. The second kappa shape index (κ2) is 9.25. The third kappa shape index (κ3) is 7.57. The van der Waals surface area contributed by atoms with Crippen LogP contribution in [0.1, 0.15) is 6.92 Å². The number of benzene rings is 1. The molecule has 0 heterocycles. The molecule has 0 fully saturated rings. The van der Waals surface area contributed by atoms with Crippen LogP contribution in [-0.2, 0) is 19.1 Å². The minimum atomic E-state index is -0.867. The highest BCUT2D eigenvalue weighted by molar-refractivity contribution is 8.00. The van der Waals surface area contributed by atoms with Gasteiger partial charge in [-0.2, -0.15) is 0 Å². The molecule has 0 spiro atoms. The van der Waals surface area contributed by atoms with E-state index < -0.39 is 24.6 Å². The molecule has 0 unspecified atom stereocenters. The van der Waals surface area contributed by atoms with E-state index in [2.05, 4.69) is 4.74 Å².